The van der Waals surface area contributed by atoms with E-state index in [4.69, 9.17) is 0 Å². The summed E-state index contributed by atoms with van der Waals surface area (Å²) < 4.78 is 41.1. The zero-order chi connectivity index (χ0) is 17.2. The minimum Gasteiger partial charge on any atom is -0.396 e. The molecule has 3 rings (SSSR count). The smallest absolute Gasteiger partial charge is 0.165 e. The summed E-state index contributed by atoms with van der Waals surface area (Å²) in [6.45, 7) is 0.838. The van der Waals surface area contributed by atoms with Crippen LogP contribution < -0.4 is 4.90 Å². The van der Waals surface area contributed by atoms with Gasteiger partial charge in [0.05, 0.1) is 6.61 Å². The van der Waals surface area contributed by atoms with E-state index in [0.29, 0.717) is 25.1 Å². The number of hydrogen-bond donors (Lipinski definition) is 1. The number of aliphatic hydroxyl groups excluding tert-OH is 1. The second-order valence-corrected chi connectivity index (χ2v) is 6.40. The van der Waals surface area contributed by atoms with Crippen molar-refractivity contribution in [2.45, 2.75) is 19.3 Å². The maximum atomic E-state index is 14.0. The molecule has 2 aromatic rings. The van der Waals surface area contributed by atoms with Crippen molar-refractivity contribution in [2.24, 2.45) is 5.41 Å². The van der Waals surface area contributed by atoms with Gasteiger partial charge in [-0.2, -0.15) is 0 Å². The van der Waals surface area contributed by atoms with Gasteiger partial charge in [0.2, 0.25) is 0 Å². The molecule has 1 fully saturated rings. The van der Waals surface area contributed by atoms with Crippen LogP contribution in [0.2, 0.25) is 0 Å². The van der Waals surface area contributed by atoms with Gasteiger partial charge in [0, 0.05) is 30.8 Å². The van der Waals surface area contributed by atoms with E-state index in [2.05, 4.69) is 4.98 Å². The second kappa shape index (κ2) is 6.81. The van der Waals surface area contributed by atoms with Crippen molar-refractivity contribution in [3.8, 4) is 0 Å². The standard InChI is InChI=1S/C18H19F3N2O/c19-14-5-4-13(16(21)9-14)10-18(12-24)6-2-8-23(11-18)17-15(20)3-1-7-22-17/h1,3-5,7,9,24H,2,6,8,10-12H2. The van der Waals surface area contributed by atoms with E-state index in [1.54, 1.807) is 4.90 Å². The van der Waals surface area contributed by atoms with Crippen LogP contribution in [0.25, 0.3) is 0 Å². The minimum absolute atomic E-state index is 0.158. The highest BCUT2D eigenvalue weighted by Gasteiger charge is 2.37. The Morgan fingerprint density at radius 2 is 2.00 bits per heavy atom. The van der Waals surface area contributed by atoms with Gasteiger partial charge in [-0.3, -0.25) is 0 Å². The van der Waals surface area contributed by atoms with Gasteiger partial charge in [-0.05, 0) is 43.0 Å². The fraction of sp³-hybridized carbons (Fsp3) is 0.389. The zero-order valence-corrected chi connectivity index (χ0v) is 13.2. The summed E-state index contributed by atoms with van der Waals surface area (Å²) >= 11 is 0. The number of halogens is 3. The number of anilines is 1. The molecule has 128 valence electrons. The van der Waals surface area contributed by atoms with E-state index < -0.39 is 22.9 Å². The molecule has 3 nitrogen and oxygen atoms in total. The van der Waals surface area contributed by atoms with Crippen molar-refractivity contribution in [3.63, 3.8) is 0 Å². The summed E-state index contributed by atoms with van der Waals surface area (Å²) in [5.41, 5.74) is -0.255. The number of aromatic nitrogens is 1. The lowest BCUT2D eigenvalue weighted by molar-refractivity contribution is 0.104. The van der Waals surface area contributed by atoms with Gasteiger partial charge in [-0.15, -0.1) is 0 Å². The van der Waals surface area contributed by atoms with Crippen LogP contribution in [0.15, 0.2) is 36.5 Å². The monoisotopic (exact) mass is 336 g/mol. The highest BCUT2D eigenvalue weighted by atomic mass is 19.1. The molecule has 1 aliphatic rings. The number of piperidine rings is 1. The van der Waals surface area contributed by atoms with E-state index in [0.717, 1.165) is 12.5 Å². The molecule has 1 atom stereocenters. The van der Waals surface area contributed by atoms with Crippen molar-refractivity contribution < 1.29 is 18.3 Å². The third-order valence-electron chi connectivity index (χ3n) is 4.62. The van der Waals surface area contributed by atoms with Crippen molar-refractivity contribution in [1.29, 1.82) is 0 Å². The molecule has 0 amide bonds. The van der Waals surface area contributed by atoms with Crippen LogP contribution in [0.3, 0.4) is 0 Å². The SMILES string of the molecule is OCC1(Cc2ccc(F)cc2F)CCCN(c2ncccc2F)C1. The molecule has 1 aliphatic heterocycles. The molecule has 1 saturated heterocycles. The first-order valence-electron chi connectivity index (χ1n) is 7.93. The van der Waals surface area contributed by atoms with Crippen molar-refractivity contribution >= 4 is 5.82 Å². The third kappa shape index (κ3) is 3.38. The largest absolute Gasteiger partial charge is 0.396 e. The van der Waals surface area contributed by atoms with E-state index in [9.17, 15) is 18.3 Å². The Morgan fingerprint density at radius 1 is 1.17 bits per heavy atom. The normalized spacial score (nSPS) is 21.1. The lowest BCUT2D eigenvalue weighted by atomic mass is 9.75. The van der Waals surface area contributed by atoms with Crippen LogP contribution in [-0.2, 0) is 6.42 Å². The van der Waals surface area contributed by atoms with Gasteiger partial charge in [0.25, 0.3) is 0 Å². The highest BCUT2D eigenvalue weighted by Crippen LogP contribution is 2.36. The topological polar surface area (TPSA) is 36.4 Å². The van der Waals surface area contributed by atoms with Crippen LogP contribution in [0.1, 0.15) is 18.4 Å². The summed E-state index contributed by atoms with van der Waals surface area (Å²) in [5, 5.41) is 9.94. The Bertz CT molecular complexity index is 725. The molecule has 6 heteroatoms. The van der Waals surface area contributed by atoms with Crippen molar-refractivity contribution in [2.75, 3.05) is 24.6 Å². The molecular formula is C18H19F3N2O. The molecule has 0 bridgehead atoms. The lowest BCUT2D eigenvalue weighted by Crippen LogP contribution is -2.47. The molecule has 0 saturated carbocycles. The predicted molar refractivity (Wildman–Crippen MR) is 85.2 cm³/mol. The van der Waals surface area contributed by atoms with Gasteiger partial charge >= 0.3 is 0 Å². The number of rotatable bonds is 4. The first-order chi connectivity index (χ1) is 11.5. The van der Waals surface area contributed by atoms with E-state index in [1.165, 1.54) is 30.5 Å². The first kappa shape index (κ1) is 16.8. The first-order valence-corrected chi connectivity index (χ1v) is 7.93. The van der Waals surface area contributed by atoms with Gasteiger partial charge < -0.3 is 10.0 Å². The Morgan fingerprint density at radius 3 is 2.71 bits per heavy atom. The summed E-state index contributed by atoms with van der Waals surface area (Å²) in [5.74, 6) is -1.42. The molecule has 0 aliphatic carbocycles. The van der Waals surface area contributed by atoms with Gasteiger partial charge in [0.15, 0.2) is 11.6 Å². The summed E-state index contributed by atoms with van der Waals surface area (Å²) in [6.07, 6.45) is 3.21. The maximum absolute atomic E-state index is 14.0. The summed E-state index contributed by atoms with van der Waals surface area (Å²) in [7, 11) is 0. The van der Waals surface area contributed by atoms with Crippen LogP contribution in [0.5, 0.6) is 0 Å². The molecule has 1 N–H and O–H groups in total. The number of hydrogen-bond acceptors (Lipinski definition) is 3. The molecule has 2 heterocycles. The molecule has 0 radical (unpaired) electrons. The second-order valence-electron chi connectivity index (χ2n) is 6.40. The zero-order valence-electron chi connectivity index (χ0n) is 13.2. The highest BCUT2D eigenvalue weighted by molar-refractivity contribution is 5.41. The quantitative estimate of drug-likeness (QED) is 0.930. The number of benzene rings is 1. The molecular weight excluding hydrogens is 317 g/mol. The number of pyridine rings is 1. The van der Waals surface area contributed by atoms with Crippen molar-refractivity contribution in [1.82, 2.24) is 4.98 Å². The summed E-state index contributed by atoms with van der Waals surface area (Å²) in [4.78, 5) is 5.87. The molecule has 1 aromatic carbocycles. The number of aliphatic hydroxyl groups is 1. The molecule has 24 heavy (non-hydrogen) atoms. The average Bonchev–Trinajstić information content (AvgIpc) is 2.58. The maximum Gasteiger partial charge on any atom is 0.165 e. The van der Waals surface area contributed by atoms with Crippen LogP contribution in [-0.4, -0.2) is 29.8 Å². The van der Waals surface area contributed by atoms with Gasteiger partial charge in [0.1, 0.15) is 11.6 Å². The fourth-order valence-corrected chi connectivity index (χ4v) is 3.40. The molecule has 0 spiro atoms. The van der Waals surface area contributed by atoms with E-state index in [1.807, 2.05) is 0 Å². The Hall–Kier alpha value is -2.08. The van der Waals surface area contributed by atoms with Crippen LogP contribution in [0.4, 0.5) is 19.0 Å². The van der Waals surface area contributed by atoms with Gasteiger partial charge in [-0.1, -0.05) is 6.07 Å². The molecule has 1 aromatic heterocycles. The predicted octanol–water partition coefficient (Wildman–Crippen LogP) is 3.32. The van der Waals surface area contributed by atoms with Crippen LogP contribution in [0, 0.1) is 22.9 Å². The summed E-state index contributed by atoms with van der Waals surface area (Å²) in [6, 6.07) is 6.33. The lowest BCUT2D eigenvalue weighted by Gasteiger charge is -2.42. The van der Waals surface area contributed by atoms with Crippen molar-refractivity contribution in [3.05, 3.63) is 59.5 Å². The Balaban J connectivity index is 1.85. The Kier molecular flexibility index (Phi) is 4.76. The fourth-order valence-electron chi connectivity index (χ4n) is 3.40. The third-order valence-corrected chi connectivity index (χ3v) is 4.62. The average molecular weight is 336 g/mol. The Labute approximate surface area is 138 Å². The number of nitrogens with zero attached hydrogens (tertiary/aromatic N) is 2. The van der Waals surface area contributed by atoms with E-state index >= 15 is 0 Å². The minimum atomic E-state index is -0.630. The molecule has 1 unspecified atom stereocenters. The van der Waals surface area contributed by atoms with Gasteiger partial charge in [-0.25, -0.2) is 18.2 Å². The van der Waals surface area contributed by atoms with E-state index in [-0.39, 0.29) is 18.8 Å². The van der Waals surface area contributed by atoms with Crippen LogP contribution >= 0.6 is 0 Å².